The number of hydroxylamine groups is 1. The Morgan fingerprint density at radius 2 is 1.74 bits per heavy atom. The maximum atomic E-state index is 13.4. The zero-order valence-electron chi connectivity index (χ0n) is 14.1. The van der Waals surface area contributed by atoms with E-state index in [9.17, 15) is 9.59 Å². The lowest BCUT2D eigenvalue weighted by atomic mass is 9.49. The molecule has 5 nitrogen and oxygen atoms in total. The second-order valence-corrected chi connectivity index (χ2v) is 8.25. The van der Waals surface area contributed by atoms with Gasteiger partial charge in [0.1, 0.15) is 6.04 Å². The van der Waals surface area contributed by atoms with Crippen LogP contribution in [0.15, 0.2) is 0 Å². The van der Waals surface area contributed by atoms with E-state index in [4.69, 9.17) is 4.84 Å². The molecule has 5 fully saturated rings. The second-order valence-electron chi connectivity index (χ2n) is 8.25. The molecule has 4 bridgehead atoms. The fourth-order valence-electron chi connectivity index (χ4n) is 6.17. The van der Waals surface area contributed by atoms with Crippen LogP contribution in [0.5, 0.6) is 0 Å². The van der Waals surface area contributed by atoms with Gasteiger partial charge in [0.25, 0.3) is 5.91 Å². The number of hydrogen-bond donors (Lipinski definition) is 1. The van der Waals surface area contributed by atoms with Crippen molar-refractivity contribution in [2.24, 2.45) is 23.2 Å². The molecule has 1 aliphatic heterocycles. The minimum atomic E-state index is -0.331. The summed E-state index contributed by atoms with van der Waals surface area (Å²) >= 11 is 0. The minimum Gasteiger partial charge on any atom is -0.330 e. The summed E-state index contributed by atoms with van der Waals surface area (Å²) in [5.74, 6) is 2.38. The van der Waals surface area contributed by atoms with Crippen molar-refractivity contribution in [3.63, 3.8) is 0 Å². The molecule has 1 unspecified atom stereocenters. The molecule has 0 spiro atoms. The van der Waals surface area contributed by atoms with Crippen molar-refractivity contribution < 1.29 is 14.4 Å². The lowest BCUT2D eigenvalue weighted by molar-refractivity contribution is -0.162. The molecule has 0 aromatic rings. The van der Waals surface area contributed by atoms with Crippen LogP contribution in [0.2, 0.25) is 0 Å². The molecule has 0 aromatic carbocycles. The van der Waals surface area contributed by atoms with E-state index in [2.05, 4.69) is 5.48 Å². The van der Waals surface area contributed by atoms with Gasteiger partial charge in [-0.3, -0.25) is 14.4 Å². The highest BCUT2D eigenvalue weighted by atomic mass is 16.6. The standard InChI is InChI=1S/C18H28N2O3/c1-2-23-19-16(21)15-4-3-5-20(15)17(22)18-9-12-6-13(10-18)8-14(7-12)11-18/h12-15H,2-11H2,1H3,(H,19,21). The molecule has 1 N–H and O–H groups in total. The number of rotatable bonds is 4. The molecule has 5 heteroatoms. The quantitative estimate of drug-likeness (QED) is 0.808. The monoisotopic (exact) mass is 320 g/mol. The normalized spacial score (nSPS) is 41.3. The van der Waals surface area contributed by atoms with Gasteiger partial charge in [0.2, 0.25) is 5.91 Å². The van der Waals surface area contributed by atoms with Crippen LogP contribution < -0.4 is 5.48 Å². The third kappa shape index (κ3) is 2.57. The Kier molecular flexibility index (Phi) is 3.87. The Bertz CT molecular complexity index is 469. The van der Waals surface area contributed by atoms with E-state index in [1.807, 2.05) is 11.8 Å². The van der Waals surface area contributed by atoms with Crippen LogP contribution in [-0.2, 0) is 14.4 Å². The Labute approximate surface area is 138 Å². The van der Waals surface area contributed by atoms with E-state index < -0.39 is 0 Å². The Hall–Kier alpha value is -1.10. The van der Waals surface area contributed by atoms with Crippen LogP contribution in [0.1, 0.15) is 58.3 Å². The van der Waals surface area contributed by atoms with Gasteiger partial charge in [-0.1, -0.05) is 0 Å². The van der Waals surface area contributed by atoms with Gasteiger partial charge >= 0.3 is 0 Å². The summed E-state index contributed by atoms with van der Waals surface area (Å²) in [4.78, 5) is 32.6. The topological polar surface area (TPSA) is 58.6 Å². The predicted octanol–water partition coefficient (Wildman–Crippen LogP) is 2.26. The molecule has 1 atom stereocenters. The van der Waals surface area contributed by atoms with Gasteiger partial charge in [0, 0.05) is 6.54 Å². The first-order valence-electron chi connectivity index (χ1n) is 9.34. The molecule has 0 aromatic heterocycles. The minimum absolute atomic E-state index is 0.150. The number of carbonyl (C=O) groups excluding carboxylic acids is 2. The van der Waals surface area contributed by atoms with Crippen molar-refractivity contribution in [1.29, 1.82) is 0 Å². The molecule has 4 aliphatic carbocycles. The van der Waals surface area contributed by atoms with Crippen LogP contribution in [0.4, 0.5) is 0 Å². The molecule has 23 heavy (non-hydrogen) atoms. The van der Waals surface area contributed by atoms with Crippen LogP contribution in [0.25, 0.3) is 0 Å². The summed E-state index contributed by atoms with van der Waals surface area (Å²) in [6, 6.07) is -0.331. The van der Waals surface area contributed by atoms with Crippen molar-refractivity contribution in [2.75, 3.05) is 13.2 Å². The van der Waals surface area contributed by atoms with E-state index in [1.165, 1.54) is 19.3 Å². The summed E-state index contributed by atoms with van der Waals surface area (Å²) < 4.78 is 0. The van der Waals surface area contributed by atoms with Crippen molar-refractivity contribution >= 4 is 11.8 Å². The average Bonchev–Trinajstić information content (AvgIpc) is 3.00. The van der Waals surface area contributed by atoms with Crippen molar-refractivity contribution in [1.82, 2.24) is 10.4 Å². The first-order chi connectivity index (χ1) is 11.1. The highest BCUT2D eigenvalue weighted by Crippen LogP contribution is 2.60. The molecular formula is C18H28N2O3. The zero-order valence-corrected chi connectivity index (χ0v) is 14.1. The highest BCUT2D eigenvalue weighted by molar-refractivity contribution is 5.90. The summed E-state index contributed by atoms with van der Waals surface area (Å²) in [7, 11) is 0. The Balaban J connectivity index is 1.51. The van der Waals surface area contributed by atoms with E-state index in [0.29, 0.717) is 6.61 Å². The summed E-state index contributed by atoms with van der Waals surface area (Å²) in [6.45, 7) is 3.01. The Morgan fingerprint density at radius 3 is 2.30 bits per heavy atom. The van der Waals surface area contributed by atoms with Crippen molar-refractivity contribution in [3.05, 3.63) is 0 Å². The van der Waals surface area contributed by atoms with Crippen LogP contribution >= 0.6 is 0 Å². The van der Waals surface area contributed by atoms with Gasteiger partial charge in [-0.05, 0) is 76.0 Å². The summed E-state index contributed by atoms with van der Waals surface area (Å²) in [6.07, 6.45) is 8.87. The van der Waals surface area contributed by atoms with Gasteiger partial charge in [0.05, 0.1) is 12.0 Å². The molecule has 2 amide bonds. The number of amides is 2. The Morgan fingerprint density at radius 1 is 1.13 bits per heavy atom. The first-order valence-corrected chi connectivity index (χ1v) is 9.34. The molecule has 128 valence electrons. The summed E-state index contributed by atoms with van der Waals surface area (Å²) in [5.41, 5.74) is 2.35. The first kappa shape index (κ1) is 15.4. The molecule has 5 aliphatic rings. The number of likely N-dealkylation sites (tertiary alicyclic amines) is 1. The van der Waals surface area contributed by atoms with Crippen molar-refractivity contribution in [2.45, 2.75) is 64.3 Å². The van der Waals surface area contributed by atoms with E-state index in [1.54, 1.807) is 0 Å². The fourth-order valence-corrected chi connectivity index (χ4v) is 6.17. The predicted molar refractivity (Wildman–Crippen MR) is 85.1 cm³/mol. The van der Waals surface area contributed by atoms with Crippen LogP contribution in [0, 0.1) is 23.2 Å². The highest BCUT2D eigenvalue weighted by Gasteiger charge is 2.56. The lowest BCUT2D eigenvalue weighted by Crippen LogP contribution is -2.57. The molecule has 5 rings (SSSR count). The lowest BCUT2D eigenvalue weighted by Gasteiger charge is -2.56. The maximum absolute atomic E-state index is 13.4. The number of nitrogens with one attached hydrogen (secondary N) is 1. The molecule has 1 saturated heterocycles. The SMILES string of the molecule is CCONC(=O)C1CCCN1C(=O)C12CC3CC(CC(C3)C1)C2. The number of hydrogen-bond acceptors (Lipinski definition) is 3. The van der Waals surface area contributed by atoms with E-state index >= 15 is 0 Å². The second kappa shape index (κ2) is 5.76. The average molecular weight is 320 g/mol. The largest absolute Gasteiger partial charge is 0.330 e. The van der Waals surface area contributed by atoms with Gasteiger partial charge in [-0.25, -0.2) is 5.48 Å². The zero-order chi connectivity index (χ0) is 16.0. The van der Waals surface area contributed by atoms with E-state index in [-0.39, 0.29) is 23.3 Å². The molecule has 1 heterocycles. The van der Waals surface area contributed by atoms with Gasteiger partial charge in [-0.2, -0.15) is 0 Å². The smallest absolute Gasteiger partial charge is 0.266 e. The van der Waals surface area contributed by atoms with Crippen LogP contribution in [0.3, 0.4) is 0 Å². The molecule has 0 radical (unpaired) electrons. The molecule has 4 saturated carbocycles. The number of carbonyl (C=O) groups is 2. The number of nitrogens with zero attached hydrogens (tertiary/aromatic N) is 1. The maximum Gasteiger partial charge on any atom is 0.266 e. The van der Waals surface area contributed by atoms with Gasteiger partial charge in [-0.15, -0.1) is 0 Å². The van der Waals surface area contributed by atoms with Crippen molar-refractivity contribution in [3.8, 4) is 0 Å². The third-order valence-corrected chi connectivity index (χ3v) is 6.63. The van der Waals surface area contributed by atoms with Gasteiger partial charge < -0.3 is 4.90 Å². The molecular weight excluding hydrogens is 292 g/mol. The van der Waals surface area contributed by atoms with E-state index in [0.717, 1.165) is 56.4 Å². The van der Waals surface area contributed by atoms with Gasteiger partial charge in [0.15, 0.2) is 0 Å². The third-order valence-electron chi connectivity index (χ3n) is 6.63. The summed E-state index contributed by atoms with van der Waals surface area (Å²) in [5, 5.41) is 0. The fraction of sp³-hybridized carbons (Fsp3) is 0.889. The van der Waals surface area contributed by atoms with Crippen LogP contribution in [-0.4, -0.2) is 35.9 Å².